The number of benzene rings is 2. The maximum absolute atomic E-state index is 11.5. The van der Waals surface area contributed by atoms with Gasteiger partial charge in [-0.2, -0.15) is 0 Å². The van der Waals surface area contributed by atoms with Crippen LogP contribution in [0.15, 0.2) is 24.3 Å². The van der Waals surface area contributed by atoms with Gasteiger partial charge in [0.25, 0.3) is 0 Å². The lowest BCUT2D eigenvalue weighted by atomic mass is 9.87. The van der Waals surface area contributed by atoms with E-state index in [4.69, 9.17) is 11.6 Å². The summed E-state index contributed by atoms with van der Waals surface area (Å²) < 4.78 is 0. The number of hydrogen-bond donors (Lipinski definition) is 1. The quantitative estimate of drug-likeness (QED) is 0.850. The van der Waals surface area contributed by atoms with Crippen LogP contribution in [0.25, 0.3) is 11.1 Å². The largest absolute Gasteiger partial charge is 0.478 e. The second-order valence-corrected chi connectivity index (χ2v) is 5.57. The lowest BCUT2D eigenvalue weighted by molar-refractivity contribution is 0.0697. The smallest absolute Gasteiger partial charge is 0.336 e. The van der Waals surface area contributed by atoms with Crippen molar-refractivity contribution in [2.45, 2.75) is 27.7 Å². The van der Waals surface area contributed by atoms with E-state index < -0.39 is 5.97 Å². The fourth-order valence-electron chi connectivity index (χ4n) is 2.53. The van der Waals surface area contributed by atoms with Gasteiger partial charge in [0.15, 0.2) is 0 Å². The van der Waals surface area contributed by atoms with Crippen LogP contribution in [0.4, 0.5) is 0 Å². The minimum atomic E-state index is -0.958. The lowest BCUT2D eigenvalue weighted by Gasteiger charge is -2.17. The third-order valence-corrected chi connectivity index (χ3v) is 4.08. The molecule has 0 unspecified atom stereocenters. The molecular weight excluding hydrogens is 272 g/mol. The highest BCUT2D eigenvalue weighted by molar-refractivity contribution is 6.31. The van der Waals surface area contributed by atoms with Crippen molar-refractivity contribution in [1.82, 2.24) is 0 Å². The third kappa shape index (κ3) is 2.44. The Morgan fingerprint density at radius 3 is 2.05 bits per heavy atom. The van der Waals surface area contributed by atoms with E-state index in [1.807, 2.05) is 27.7 Å². The molecule has 0 heterocycles. The summed E-state index contributed by atoms with van der Waals surface area (Å²) in [6, 6.07) is 7.17. The molecule has 2 aromatic rings. The number of carboxylic acid groups (broad SMARTS) is 1. The maximum atomic E-state index is 11.5. The first-order valence-electron chi connectivity index (χ1n) is 6.43. The van der Waals surface area contributed by atoms with Crippen molar-refractivity contribution in [3.8, 4) is 11.1 Å². The molecule has 3 heteroatoms. The Morgan fingerprint density at radius 2 is 1.55 bits per heavy atom. The van der Waals surface area contributed by atoms with E-state index in [-0.39, 0.29) is 5.56 Å². The Bertz CT molecular complexity index is 676. The molecule has 104 valence electrons. The molecule has 0 atom stereocenters. The number of carbonyl (C=O) groups is 1. The van der Waals surface area contributed by atoms with Crippen LogP contribution in [0.1, 0.15) is 32.6 Å². The van der Waals surface area contributed by atoms with Gasteiger partial charge in [-0.1, -0.05) is 23.7 Å². The standard InChI is InChI=1S/C17H17ClO2/c1-9-7-10(2)12(4)16(11(9)3)14-6-5-13(18)8-15(14)17(19)20/h5-8H,1-4H3,(H,19,20). The normalized spacial score (nSPS) is 10.7. The van der Waals surface area contributed by atoms with E-state index in [2.05, 4.69) is 6.07 Å². The molecule has 0 radical (unpaired) electrons. The van der Waals surface area contributed by atoms with Crippen LogP contribution in [0.5, 0.6) is 0 Å². The topological polar surface area (TPSA) is 37.3 Å². The third-order valence-electron chi connectivity index (χ3n) is 3.85. The molecule has 0 bridgehead atoms. The fourth-order valence-corrected chi connectivity index (χ4v) is 2.70. The highest BCUT2D eigenvalue weighted by Crippen LogP contribution is 2.34. The van der Waals surface area contributed by atoms with Crippen LogP contribution in [-0.4, -0.2) is 11.1 Å². The lowest BCUT2D eigenvalue weighted by Crippen LogP contribution is -2.03. The molecule has 2 aromatic carbocycles. The van der Waals surface area contributed by atoms with Gasteiger partial charge in [0.05, 0.1) is 5.56 Å². The molecule has 20 heavy (non-hydrogen) atoms. The van der Waals surface area contributed by atoms with E-state index in [0.717, 1.165) is 33.4 Å². The van der Waals surface area contributed by atoms with Gasteiger partial charge in [0.2, 0.25) is 0 Å². The first-order chi connectivity index (χ1) is 9.32. The highest BCUT2D eigenvalue weighted by Gasteiger charge is 2.17. The van der Waals surface area contributed by atoms with E-state index in [9.17, 15) is 9.90 Å². The molecule has 0 spiro atoms. The molecule has 0 fully saturated rings. The number of rotatable bonds is 2. The molecule has 0 aliphatic rings. The van der Waals surface area contributed by atoms with Crippen molar-refractivity contribution >= 4 is 17.6 Å². The number of carboxylic acids is 1. The summed E-state index contributed by atoms with van der Waals surface area (Å²) in [6.45, 7) is 8.14. The second-order valence-electron chi connectivity index (χ2n) is 5.13. The first kappa shape index (κ1) is 14.6. The summed E-state index contributed by atoms with van der Waals surface area (Å²) in [5.41, 5.74) is 6.51. The van der Waals surface area contributed by atoms with Crippen LogP contribution in [0.3, 0.4) is 0 Å². The molecule has 1 N–H and O–H groups in total. The summed E-state index contributed by atoms with van der Waals surface area (Å²) in [6.07, 6.45) is 0. The van der Waals surface area contributed by atoms with E-state index in [1.165, 1.54) is 6.07 Å². The van der Waals surface area contributed by atoms with Crippen LogP contribution < -0.4 is 0 Å². The molecule has 2 rings (SSSR count). The van der Waals surface area contributed by atoms with E-state index in [0.29, 0.717) is 5.02 Å². The van der Waals surface area contributed by atoms with Crippen molar-refractivity contribution in [2.75, 3.05) is 0 Å². The van der Waals surface area contributed by atoms with Crippen molar-refractivity contribution in [3.63, 3.8) is 0 Å². The van der Waals surface area contributed by atoms with Gasteiger partial charge in [-0.05, 0) is 73.2 Å². The molecule has 2 nitrogen and oxygen atoms in total. The van der Waals surface area contributed by atoms with Crippen molar-refractivity contribution in [3.05, 3.63) is 57.1 Å². The molecule has 0 aliphatic carbocycles. The van der Waals surface area contributed by atoms with E-state index >= 15 is 0 Å². The van der Waals surface area contributed by atoms with Gasteiger partial charge in [-0.15, -0.1) is 0 Å². The summed E-state index contributed by atoms with van der Waals surface area (Å²) in [7, 11) is 0. The van der Waals surface area contributed by atoms with Gasteiger partial charge in [0, 0.05) is 5.02 Å². The minimum absolute atomic E-state index is 0.244. The predicted molar refractivity (Wildman–Crippen MR) is 82.8 cm³/mol. The maximum Gasteiger partial charge on any atom is 0.336 e. The zero-order chi connectivity index (χ0) is 15.0. The number of hydrogen-bond acceptors (Lipinski definition) is 1. The SMILES string of the molecule is Cc1cc(C)c(C)c(-c2ccc(Cl)cc2C(=O)O)c1C. The molecule has 0 amide bonds. The zero-order valence-corrected chi connectivity index (χ0v) is 12.8. The van der Waals surface area contributed by atoms with Crippen LogP contribution in [0, 0.1) is 27.7 Å². The Balaban J connectivity index is 2.85. The summed E-state index contributed by atoms with van der Waals surface area (Å²) in [5.74, 6) is -0.958. The molecule has 0 aliphatic heterocycles. The Morgan fingerprint density at radius 1 is 1.00 bits per heavy atom. The Kier molecular flexibility index (Phi) is 3.87. The van der Waals surface area contributed by atoms with Crippen LogP contribution in [-0.2, 0) is 0 Å². The van der Waals surface area contributed by atoms with Gasteiger partial charge in [-0.3, -0.25) is 0 Å². The zero-order valence-electron chi connectivity index (χ0n) is 12.0. The Hall–Kier alpha value is -1.80. The number of aryl methyl sites for hydroxylation is 2. The average Bonchev–Trinajstić information content (AvgIpc) is 2.38. The average molecular weight is 289 g/mol. The molecular formula is C17H17ClO2. The van der Waals surface area contributed by atoms with Crippen LogP contribution >= 0.6 is 11.6 Å². The summed E-state index contributed by atoms with van der Waals surface area (Å²) in [4.78, 5) is 11.5. The summed E-state index contributed by atoms with van der Waals surface area (Å²) >= 11 is 5.93. The molecule has 0 aromatic heterocycles. The summed E-state index contributed by atoms with van der Waals surface area (Å²) in [5, 5.41) is 9.85. The highest BCUT2D eigenvalue weighted by atomic mass is 35.5. The van der Waals surface area contributed by atoms with Crippen molar-refractivity contribution < 1.29 is 9.90 Å². The predicted octanol–water partition coefficient (Wildman–Crippen LogP) is 4.94. The van der Waals surface area contributed by atoms with Crippen molar-refractivity contribution in [2.24, 2.45) is 0 Å². The fraction of sp³-hybridized carbons (Fsp3) is 0.235. The minimum Gasteiger partial charge on any atom is -0.478 e. The first-order valence-corrected chi connectivity index (χ1v) is 6.81. The van der Waals surface area contributed by atoms with E-state index in [1.54, 1.807) is 12.1 Å². The number of halogens is 1. The van der Waals surface area contributed by atoms with Crippen LogP contribution in [0.2, 0.25) is 5.02 Å². The van der Waals surface area contributed by atoms with Gasteiger partial charge in [-0.25, -0.2) is 4.79 Å². The number of aromatic carboxylic acids is 1. The monoisotopic (exact) mass is 288 g/mol. The molecule has 0 saturated carbocycles. The molecule has 0 saturated heterocycles. The van der Waals surface area contributed by atoms with Crippen molar-refractivity contribution in [1.29, 1.82) is 0 Å². The second kappa shape index (κ2) is 5.29. The van der Waals surface area contributed by atoms with Gasteiger partial charge in [0.1, 0.15) is 0 Å². The Labute approximate surface area is 124 Å². The van der Waals surface area contributed by atoms with Gasteiger partial charge >= 0.3 is 5.97 Å². The van der Waals surface area contributed by atoms with Gasteiger partial charge < -0.3 is 5.11 Å².